The second-order valence-electron chi connectivity index (χ2n) is 7.85. The van der Waals surface area contributed by atoms with E-state index in [2.05, 4.69) is 51.5 Å². The van der Waals surface area contributed by atoms with Crippen LogP contribution in [-0.4, -0.2) is 43.4 Å². The van der Waals surface area contributed by atoms with E-state index in [0.717, 1.165) is 29.2 Å². The van der Waals surface area contributed by atoms with Crippen LogP contribution < -0.4 is 5.32 Å². The van der Waals surface area contributed by atoms with E-state index in [-0.39, 0.29) is 11.4 Å². The smallest absolute Gasteiger partial charge is 0.321 e. The third kappa shape index (κ3) is 4.57. The molecule has 3 rings (SSSR count). The van der Waals surface area contributed by atoms with Gasteiger partial charge in [0.25, 0.3) is 0 Å². The van der Waals surface area contributed by atoms with Crippen LogP contribution in [-0.2, 0) is 18.4 Å². The number of carbonyl (C=O) groups excluding carboxylic acids is 1. The highest BCUT2D eigenvalue weighted by atomic mass is 16.2. The maximum Gasteiger partial charge on any atom is 0.321 e. The molecule has 0 saturated heterocycles. The average molecular weight is 381 g/mol. The molecule has 0 aliphatic carbocycles. The lowest BCUT2D eigenvalue weighted by molar-refractivity contribution is 0.220. The molecule has 0 atom stereocenters. The van der Waals surface area contributed by atoms with Crippen molar-refractivity contribution in [1.29, 1.82) is 0 Å². The zero-order chi connectivity index (χ0) is 20.3. The Labute approximate surface area is 164 Å². The number of nitrogens with one attached hydrogen (secondary N) is 3. The van der Waals surface area contributed by atoms with Crippen molar-refractivity contribution in [3.05, 3.63) is 47.5 Å². The van der Waals surface area contributed by atoms with Gasteiger partial charge in [0.15, 0.2) is 5.82 Å². The zero-order valence-electron chi connectivity index (χ0n) is 17.0. The van der Waals surface area contributed by atoms with Gasteiger partial charge in [0.05, 0.1) is 17.9 Å². The van der Waals surface area contributed by atoms with Crippen LogP contribution in [0.3, 0.4) is 0 Å². The molecule has 0 aliphatic rings. The number of rotatable bonds is 5. The molecule has 0 radical (unpaired) electrons. The van der Waals surface area contributed by atoms with Gasteiger partial charge in [-0.3, -0.25) is 10.2 Å². The summed E-state index contributed by atoms with van der Waals surface area (Å²) < 4.78 is 0. The summed E-state index contributed by atoms with van der Waals surface area (Å²) >= 11 is 0. The fourth-order valence-electron chi connectivity index (χ4n) is 2.69. The molecule has 2 amide bonds. The van der Waals surface area contributed by atoms with Gasteiger partial charge in [-0.15, -0.1) is 0 Å². The Morgan fingerprint density at radius 2 is 1.96 bits per heavy atom. The number of urea groups is 1. The molecular weight excluding hydrogens is 354 g/mol. The van der Waals surface area contributed by atoms with E-state index in [0.29, 0.717) is 18.1 Å². The van der Waals surface area contributed by atoms with Gasteiger partial charge in [0, 0.05) is 30.1 Å². The summed E-state index contributed by atoms with van der Waals surface area (Å²) in [5.74, 6) is 1.45. The van der Waals surface area contributed by atoms with Gasteiger partial charge in [0.1, 0.15) is 5.82 Å². The summed E-state index contributed by atoms with van der Waals surface area (Å²) in [7, 11) is 1.75. The standard InChI is InChI=1S/C20H27N7O/c1-6-17-22-18(26-25-17)13-8-7-9-14(10-13)21-19(28)27(5)12-15-11-16(24-23-15)20(2,3)4/h7-11H,6,12H2,1-5H3,(H,21,28)(H,23,24)(H,22,25,26). The maximum atomic E-state index is 12.6. The molecule has 2 aromatic heterocycles. The number of carbonyl (C=O) groups is 1. The second-order valence-corrected chi connectivity index (χ2v) is 7.85. The van der Waals surface area contributed by atoms with Crippen LogP contribution >= 0.6 is 0 Å². The molecule has 8 nitrogen and oxygen atoms in total. The lowest BCUT2D eigenvalue weighted by atomic mass is 9.92. The number of nitrogens with zero attached hydrogens (tertiary/aromatic N) is 4. The van der Waals surface area contributed by atoms with E-state index in [1.54, 1.807) is 11.9 Å². The highest BCUT2D eigenvalue weighted by molar-refractivity contribution is 5.89. The number of aryl methyl sites for hydroxylation is 1. The Kier molecular flexibility index (Phi) is 5.48. The number of hydrogen-bond donors (Lipinski definition) is 3. The summed E-state index contributed by atoms with van der Waals surface area (Å²) in [5, 5.41) is 17.4. The highest BCUT2D eigenvalue weighted by Crippen LogP contribution is 2.22. The SMILES string of the molecule is CCc1nc(-c2cccc(NC(=O)N(C)Cc3cc(C(C)(C)C)n[nH]3)c2)n[nH]1. The number of hydrogen-bond acceptors (Lipinski definition) is 4. The monoisotopic (exact) mass is 381 g/mol. The summed E-state index contributed by atoms with van der Waals surface area (Å²) in [5.41, 5.74) is 3.37. The fourth-order valence-corrected chi connectivity index (χ4v) is 2.69. The molecule has 0 aliphatic heterocycles. The summed E-state index contributed by atoms with van der Waals surface area (Å²) in [6, 6.07) is 9.30. The number of anilines is 1. The average Bonchev–Trinajstić information content (AvgIpc) is 3.31. The third-order valence-corrected chi connectivity index (χ3v) is 4.39. The largest absolute Gasteiger partial charge is 0.322 e. The predicted molar refractivity (Wildman–Crippen MR) is 109 cm³/mol. The van der Waals surface area contributed by atoms with Crippen LogP contribution in [0.1, 0.15) is 44.9 Å². The predicted octanol–water partition coefficient (Wildman–Crippen LogP) is 3.72. The van der Waals surface area contributed by atoms with Crippen LogP contribution in [0.4, 0.5) is 10.5 Å². The molecule has 8 heteroatoms. The quantitative estimate of drug-likeness (QED) is 0.627. The van der Waals surface area contributed by atoms with E-state index >= 15 is 0 Å². The van der Waals surface area contributed by atoms with Crippen LogP contribution in [0.2, 0.25) is 0 Å². The van der Waals surface area contributed by atoms with Gasteiger partial charge in [-0.25, -0.2) is 9.78 Å². The summed E-state index contributed by atoms with van der Waals surface area (Å²) in [4.78, 5) is 18.6. The third-order valence-electron chi connectivity index (χ3n) is 4.39. The Morgan fingerprint density at radius 3 is 2.61 bits per heavy atom. The van der Waals surface area contributed by atoms with Crippen LogP contribution in [0.5, 0.6) is 0 Å². The molecular formula is C20H27N7O. The van der Waals surface area contributed by atoms with Crippen LogP contribution in [0.25, 0.3) is 11.4 Å². The van der Waals surface area contributed by atoms with Gasteiger partial charge in [-0.2, -0.15) is 10.2 Å². The van der Waals surface area contributed by atoms with E-state index in [4.69, 9.17) is 0 Å². The van der Waals surface area contributed by atoms with E-state index in [1.165, 1.54) is 0 Å². The first-order valence-electron chi connectivity index (χ1n) is 9.35. The molecule has 0 bridgehead atoms. The van der Waals surface area contributed by atoms with Gasteiger partial charge >= 0.3 is 6.03 Å². The molecule has 3 N–H and O–H groups in total. The number of H-pyrrole nitrogens is 2. The molecule has 0 fully saturated rings. The van der Waals surface area contributed by atoms with Crippen LogP contribution in [0, 0.1) is 0 Å². The summed E-state index contributed by atoms with van der Waals surface area (Å²) in [6.07, 6.45) is 0.790. The van der Waals surface area contributed by atoms with Crippen molar-refractivity contribution in [3.63, 3.8) is 0 Å². The normalized spacial score (nSPS) is 11.5. The topological polar surface area (TPSA) is 103 Å². The molecule has 0 spiro atoms. The molecule has 0 unspecified atom stereocenters. The van der Waals surface area contributed by atoms with Gasteiger partial charge in [-0.1, -0.05) is 39.8 Å². The Bertz CT molecular complexity index is 951. The Hall–Kier alpha value is -3.16. The lowest BCUT2D eigenvalue weighted by Crippen LogP contribution is -2.31. The first-order chi connectivity index (χ1) is 13.3. The van der Waals surface area contributed by atoms with Gasteiger partial charge < -0.3 is 10.2 Å². The summed E-state index contributed by atoms with van der Waals surface area (Å²) in [6.45, 7) is 8.77. The molecule has 2 heterocycles. The van der Waals surface area contributed by atoms with Crippen molar-refractivity contribution < 1.29 is 4.79 Å². The van der Waals surface area contributed by atoms with Gasteiger partial charge in [0.2, 0.25) is 0 Å². The van der Waals surface area contributed by atoms with Crippen molar-refractivity contribution in [2.75, 3.05) is 12.4 Å². The second kappa shape index (κ2) is 7.84. The van der Waals surface area contributed by atoms with Crippen molar-refractivity contribution in [2.45, 2.75) is 46.1 Å². The molecule has 0 saturated carbocycles. The highest BCUT2D eigenvalue weighted by Gasteiger charge is 2.18. The van der Waals surface area contributed by atoms with E-state index < -0.39 is 0 Å². The van der Waals surface area contributed by atoms with Crippen molar-refractivity contribution in [1.82, 2.24) is 30.3 Å². The first-order valence-corrected chi connectivity index (χ1v) is 9.35. The van der Waals surface area contributed by atoms with E-state index in [9.17, 15) is 4.79 Å². The molecule has 28 heavy (non-hydrogen) atoms. The van der Waals surface area contributed by atoms with Crippen molar-refractivity contribution in [3.8, 4) is 11.4 Å². The number of benzene rings is 1. The number of amides is 2. The minimum absolute atomic E-state index is 0.0338. The minimum Gasteiger partial charge on any atom is -0.322 e. The zero-order valence-corrected chi connectivity index (χ0v) is 17.0. The maximum absolute atomic E-state index is 12.6. The molecule has 148 valence electrons. The first kappa shape index (κ1) is 19.6. The fraction of sp³-hybridized carbons (Fsp3) is 0.400. The Morgan fingerprint density at radius 1 is 1.18 bits per heavy atom. The lowest BCUT2D eigenvalue weighted by Gasteiger charge is -2.17. The molecule has 3 aromatic rings. The number of aromatic nitrogens is 5. The molecule has 1 aromatic carbocycles. The number of aromatic amines is 2. The van der Waals surface area contributed by atoms with Crippen molar-refractivity contribution >= 4 is 11.7 Å². The van der Waals surface area contributed by atoms with Crippen molar-refractivity contribution in [2.24, 2.45) is 0 Å². The Balaban J connectivity index is 1.65. The van der Waals surface area contributed by atoms with Gasteiger partial charge in [-0.05, 0) is 18.2 Å². The minimum atomic E-state index is -0.201. The van der Waals surface area contributed by atoms with E-state index in [1.807, 2.05) is 37.3 Å². The van der Waals surface area contributed by atoms with Crippen LogP contribution in [0.15, 0.2) is 30.3 Å².